The number of ether oxygens (including phenoxy) is 2. The lowest BCUT2D eigenvalue weighted by atomic mass is 9.47. The van der Waals surface area contributed by atoms with Crippen molar-refractivity contribution in [2.24, 2.45) is 34.5 Å². The van der Waals surface area contributed by atoms with Crippen molar-refractivity contribution in [3.63, 3.8) is 0 Å². The van der Waals surface area contributed by atoms with Crippen LogP contribution in [0.4, 0.5) is 0 Å². The molecule has 0 radical (unpaired) electrons. The molecule has 1 heterocycles. The van der Waals surface area contributed by atoms with Gasteiger partial charge in [0.25, 0.3) is 0 Å². The molecule has 0 spiro atoms. The summed E-state index contributed by atoms with van der Waals surface area (Å²) in [5.74, 6) is -1.23. The largest absolute Gasteiger partial charge is 0.475 e. The second kappa shape index (κ2) is 5.98. The Hall–Kier alpha value is -2.11. The van der Waals surface area contributed by atoms with Crippen molar-refractivity contribution in [3.05, 3.63) is 23.2 Å². The third-order valence-corrected chi connectivity index (χ3v) is 9.02. The van der Waals surface area contributed by atoms with Crippen molar-refractivity contribution < 1.29 is 29.0 Å². The Morgan fingerprint density at radius 2 is 1.77 bits per heavy atom. The maximum Gasteiger partial charge on any atom is 0.372 e. The van der Waals surface area contributed by atoms with E-state index in [2.05, 4.69) is 13.8 Å². The van der Waals surface area contributed by atoms with Gasteiger partial charge in [0, 0.05) is 19.8 Å². The van der Waals surface area contributed by atoms with Gasteiger partial charge >= 0.3 is 5.97 Å². The summed E-state index contributed by atoms with van der Waals surface area (Å²) in [5.41, 5.74) is 0.492. The van der Waals surface area contributed by atoms with Crippen molar-refractivity contribution in [2.75, 3.05) is 0 Å². The average molecular weight is 414 g/mol. The monoisotopic (exact) mass is 414 g/mol. The highest BCUT2D eigenvalue weighted by Gasteiger charge is 2.64. The van der Waals surface area contributed by atoms with Crippen molar-refractivity contribution >= 4 is 17.5 Å². The summed E-state index contributed by atoms with van der Waals surface area (Å²) in [4.78, 5) is 36.5. The summed E-state index contributed by atoms with van der Waals surface area (Å²) in [5, 5.41) is 9.33. The Kier molecular flexibility index (Phi) is 3.95. The van der Waals surface area contributed by atoms with Crippen LogP contribution in [0.25, 0.3) is 0 Å². The van der Waals surface area contributed by atoms with Gasteiger partial charge < -0.3 is 14.6 Å². The van der Waals surface area contributed by atoms with E-state index in [1.54, 1.807) is 6.08 Å². The lowest BCUT2D eigenvalue weighted by Gasteiger charge is -2.57. The van der Waals surface area contributed by atoms with E-state index in [4.69, 9.17) is 9.47 Å². The maximum absolute atomic E-state index is 12.7. The Bertz CT molecular complexity index is 926. The van der Waals surface area contributed by atoms with E-state index in [0.29, 0.717) is 35.7 Å². The lowest BCUT2D eigenvalue weighted by Crippen LogP contribution is -2.52. The molecule has 0 aromatic heterocycles. The first-order valence-electron chi connectivity index (χ1n) is 11.1. The number of aliphatic carboxylic acids is 1. The number of carboxylic acid groups (broad SMARTS) is 1. The van der Waals surface area contributed by atoms with Gasteiger partial charge in [-0.2, -0.15) is 0 Å². The van der Waals surface area contributed by atoms with Crippen molar-refractivity contribution in [1.82, 2.24) is 0 Å². The molecule has 1 N–H and O–H groups in total. The second-order valence-electron chi connectivity index (χ2n) is 10.8. The molecule has 30 heavy (non-hydrogen) atoms. The normalized spacial score (nSPS) is 43.5. The van der Waals surface area contributed by atoms with E-state index >= 15 is 0 Å². The minimum Gasteiger partial charge on any atom is -0.475 e. The summed E-state index contributed by atoms with van der Waals surface area (Å²) >= 11 is 0. The number of ketones is 2. The second-order valence-corrected chi connectivity index (χ2v) is 10.8. The predicted molar refractivity (Wildman–Crippen MR) is 107 cm³/mol. The zero-order valence-corrected chi connectivity index (χ0v) is 18.1. The summed E-state index contributed by atoms with van der Waals surface area (Å²) in [6, 6.07) is 0. The number of allylic oxidation sites excluding steroid dienone is 2. The van der Waals surface area contributed by atoms with E-state index < -0.39 is 23.5 Å². The SMILES string of the molecule is CC1(C)OC2=C(O1)[C@@]1(C)C(=CC2=O)CC[C@@H]2[C@@H]1CC[C@]1(C)[C@H](C(=O)C(=O)O)CC[C@@H]21. The van der Waals surface area contributed by atoms with Crippen LogP contribution < -0.4 is 0 Å². The fourth-order valence-electron chi connectivity index (χ4n) is 7.68. The van der Waals surface area contributed by atoms with Crippen LogP contribution in [0.2, 0.25) is 0 Å². The number of hydrogen-bond acceptors (Lipinski definition) is 5. The van der Waals surface area contributed by atoms with E-state index in [-0.39, 0.29) is 16.6 Å². The first-order valence-corrected chi connectivity index (χ1v) is 11.1. The van der Waals surface area contributed by atoms with Gasteiger partial charge in [0.15, 0.2) is 5.76 Å². The molecule has 0 bridgehead atoms. The molecular weight excluding hydrogens is 384 g/mol. The Morgan fingerprint density at radius 3 is 2.47 bits per heavy atom. The highest BCUT2D eigenvalue weighted by Crippen LogP contribution is 2.68. The molecule has 0 aromatic rings. The summed E-state index contributed by atoms with van der Waals surface area (Å²) in [7, 11) is 0. The van der Waals surface area contributed by atoms with Crippen molar-refractivity contribution in [3.8, 4) is 0 Å². The minimum absolute atomic E-state index is 0.102. The zero-order chi connectivity index (χ0) is 21.6. The number of fused-ring (bicyclic) bond motifs is 6. The summed E-state index contributed by atoms with van der Waals surface area (Å²) < 4.78 is 12.1. The molecule has 0 saturated heterocycles. The van der Waals surface area contributed by atoms with E-state index in [1.165, 1.54) is 0 Å². The molecule has 6 atom stereocenters. The number of carbonyl (C=O) groups is 3. The van der Waals surface area contributed by atoms with Crippen LogP contribution in [0.5, 0.6) is 0 Å². The van der Waals surface area contributed by atoms with E-state index in [1.807, 2.05) is 13.8 Å². The number of carboxylic acids is 1. The average Bonchev–Trinajstić information content (AvgIpc) is 3.19. The van der Waals surface area contributed by atoms with Gasteiger partial charge in [-0.15, -0.1) is 0 Å². The molecule has 3 fully saturated rings. The summed E-state index contributed by atoms with van der Waals surface area (Å²) in [6.07, 6.45) is 6.83. The molecule has 0 amide bonds. The van der Waals surface area contributed by atoms with Gasteiger partial charge in [0.1, 0.15) is 0 Å². The highest BCUT2D eigenvalue weighted by atomic mass is 16.7. The van der Waals surface area contributed by atoms with Gasteiger partial charge in [-0.1, -0.05) is 12.5 Å². The molecule has 3 saturated carbocycles. The number of carbonyl (C=O) groups excluding carboxylic acids is 2. The van der Waals surface area contributed by atoms with Crippen molar-refractivity contribution in [2.45, 2.75) is 72.0 Å². The quantitative estimate of drug-likeness (QED) is 0.687. The van der Waals surface area contributed by atoms with Gasteiger partial charge in [-0.25, -0.2) is 4.79 Å². The van der Waals surface area contributed by atoms with Gasteiger partial charge in [-0.3, -0.25) is 9.59 Å². The first-order chi connectivity index (χ1) is 14.0. The molecule has 6 nitrogen and oxygen atoms in total. The molecule has 162 valence electrons. The third kappa shape index (κ3) is 2.39. The molecule has 0 unspecified atom stereocenters. The van der Waals surface area contributed by atoms with Crippen LogP contribution in [0, 0.1) is 34.5 Å². The van der Waals surface area contributed by atoms with Gasteiger partial charge in [-0.05, 0) is 74.7 Å². The Morgan fingerprint density at radius 1 is 1.03 bits per heavy atom. The smallest absolute Gasteiger partial charge is 0.372 e. The van der Waals surface area contributed by atoms with E-state index in [9.17, 15) is 19.5 Å². The lowest BCUT2D eigenvalue weighted by molar-refractivity contribution is -0.155. The van der Waals surface area contributed by atoms with Crippen LogP contribution in [0.3, 0.4) is 0 Å². The standard InChI is InChI=1S/C24H30O6/c1-22(2)29-19-17(25)11-12-5-6-13-14-7-8-16(18(26)21(27)28)23(14,3)10-9-15(13)24(12,4)20(19)30-22/h11,13-16H,5-10H2,1-4H3,(H,27,28)/t13-,14-,15-,16-,23-,24-/m0/s1. The molecule has 6 heteroatoms. The zero-order valence-electron chi connectivity index (χ0n) is 18.1. The number of hydrogen-bond donors (Lipinski definition) is 1. The number of Topliss-reactive ketones (excluding diaryl/α,β-unsaturated/α-hetero) is 1. The minimum atomic E-state index is -1.30. The molecular formula is C24H30O6. The van der Waals surface area contributed by atoms with E-state index in [0.717, 1.165) is 37.7 Å². The van der Waals surface area contributed by atoms with Crippen LogP contribution in [-0.4, -0.2) is 28.4 Å². The van der Waals surface area contributed by atoms with Crippen LogP contribution in [-0.2, 0) is 23.9 Å². The topological polar surface area (TPSA) is 89.9 Å². The molecule has 1 aliphatic heterocycles. The Balaban J connectivity index is 1.52. The third-order valence-electron chi connectivity index (χ3n) is 9.02. The molecule has 5 aliphatic rings. The van der Waals surface area contributed by atoms with Crippen LogP contribution in [0.1, 0.15) is 66.2 Å². The molecule has 4 aliphatic carbocycles. The predicted octanol–water partition coefficient (Wildman–Crippen LogP) is 4.00. The fourth-order valence-corrected chi connectivity index (χ4v) is 7.68. The van der Waals surface area contributed by atoms with Gasteiger partial charge in [0.05, 0.1) is 5.41 Å². The van der Waals surface area contributed by atoms with Crippen LogP contribution in [0.15, 0.2) is 23.2 Å². The first kappa shape index (κ1) is 19.8. The maximum atomic E-state index is 12.7. The Labute approximate surface area is 176 Å². The highest BCUT2D eigenvalue weighted by molar-refractivity contribution is 6.33. The number of rotatable bonds is 2. The molecule has 0 aromatic carbocycles. The van der Waals surface area contributed by atoms with Gasteiger partial charge in [0.2, 0.25) is 23.1 Å². The fraction of sp³-hybridized carbons (Fsp3) is 0.708. The molecule has 5 rings (SSSR count). The van der Waals surface area contributed by atoms with Crippen molar-refractivity contribution in [1.29, 1.82) is 0 Å². The van der Waals surface area contributed by atoms with Crippen LogP contribution >= 0.6 is 0 Å². The summed E-state index contributed by atoms with van der Waals surface area (Å²) in [6.45, 7) is 7.99.